The number of amides is 1. The van der Waals surface area contributed by atoms with E-state index in [1.165, 1.54) is 10.4 Å². The van der Waals surface area contributed by atoms with E-state index in [0.29, 0.717) is 12.1 Å². The van der Waals surface area contributed by atoms with Gasteiger partial charge in [-0.25, -0.2) is 0 Å². The van der Waals surface area contributed by atoms with Gasteiger partial charge in [-0.05, 0) is 35.6 Å². The molecule has 2 heterocycles. The van der Waals surface area contributed by atoms with E-state index in [2.05, 4.69) is 28.7 Å². The molecule has 0 unspecified atom stereocenters. The molecule has 0 bridgehead atoms. The highest BCUT2D eigenvalue weighted by molar-refractivity contribution is 7.10. The minimum Gasteiger partial charge on any atom is -0.361 e. The van der Waals surface area contributed by atoms with Crippen LogP contribution in [0.1, 0.15) is 27.7 Å². The van der Waals surface area contributed by atoms with Gasteiger partial charge in [0.2, 0.25) is 0 Å². The van der Waals surface area contributed by atoms with Gasteiger partial charge in [-0.2, -0.15) is 0 Å². The molecule has 0 saturated heterocycles. The van der Waals surface area contributed by atoms with E-state index in [4.69, 9.17) is 0 Å². The number of carbonyl (C=O) groups is 1. The predicted molar refractivity (Wildman–Crippen MR) is 83.2 cm³/mol. The second kappa shape index (κ2) is 5.51. The van der Waals surface area contributed by atoms with Crippen molar-refractivity contribution in [3.05, 3.63) is 57.9 Å². The van der Waals surface area contributed by atoms with E-state index in [1.54, 1.807) is 11.3 Å². The summed E-state index contributed by atoms with van der Waals surface area (Å²) in [5.74, 6) is -0.0338. The maximum Gasteiger partial charge on any atom is 0.253 e. The molecule has 2 N–H and O–H groups in total. The zero-order valence-electron chi connectivity index (χ0n) is 11.3. The third kappa shape index (κ3) is 2.34. The predicted octanol–water partition coefficient (Wildman–Crippen LogP) is 3.72. The number of aryl methyl sites for hydroxylation is 1. The van der Waals surface area contributed by atoms with Crippen molar-refractivity contribution in [3.8, 4) is 0 Å². The van der Waals surface area contributed by atoms with Gasteiger partial charge in [-0.15, -0.1) is 11.3 Å². The minimum absolute atomic E-state index is 0.0338. The third-order valence-electron chi connectivity index (χ3n) is 3.46. The average Bonchev–Trinajstić information content (AvgIpc) is 3.12. The largest absolute Gasteiger partial charge is 0.361 e. The number of para-hydroxylation sites is 1. The summed E-state index contributed by atoms with van der Waals surface area (Å²) >= 11 is 1.69. The van der Waals surface area contributed by atoms with Crippen LogP contribution in [0.5, 0.6) is 0 Å². The highest BCUT2D eigenvalue weighted by Gasteiger charge is 2.11. The lowest BCUT2D eigenvalue weighted by Crippen LogP contribution is -2.23. The molecule has 1 aromatic carbocycles. The molecule has 0 saturated carbocycles. The highest BCUT2D eigenvalue weighted by Crippen LogP contribution is 2.19. The Balaban J connectivity index is 1.78. The van der Waals surface area contributed by atoms with Gasteiger partial charge in [-0.1, -0.05) is 19.1 Å². The molecule has 0 aliphatic carbocycles. The second-order valence-electron chi connectivity index (χ2n) is 4.65. The van der Waals surface area contributed by atoms with Gasteiger partial charge in [0, 0.05) is 16.5 Å². The van der Waals surface area contributed by atoms with Crippen LogP contribution in [-0.4, -0.2) is 10.9 Å². The molecule has 3 aromatic rings. The van der Waals surface area contributed by atoms with Crippen molar-refractivity contribution in [3.63, 3.8) is 0 Å². The van der Waals surface area contributed by atoms with Crippen molar-refractivity contribution in [2.75, 3.05) is 0 Å². The Hall–Kier alpha value is -2.07. The first kappa shape index (κ1) is 12.9. The SMILES string of the molecule is CCc1ccsc1CNC(=O)c1cccc2cc[nH]c12. The molecule has 102 valence electrons. The van der Waals surface area contributed by atoms with Crippen LogP contribution in [0.4, 0.5) is 0 Å². The fourth-order valence-electron chi connectivity index (χ4n) is 2.37. The van der Waals surface area contributed by atoms with Crippen LogP contribution in [0, 0.1) is 0 Å². The molecule has 0 aliphatic rings. The number of aromatic nitrogens is 1. The van der Waals surface area contributed by atoms with Crippen LogP contribution in [-0.2, 0) is 13.0 Å². The van der Waals surface area contributed by atoms with E-state index in [0.717, 1.165) is 17.3 Å². The maximum absolute atomic E-state index is 12.3. The Morgan fingerprint density at radius 1 is 1.30 bits per heavy atom. The van der Waals surface area contributed by atoms with Crippen LogP contribution in [0.15, 0.2) is 41.9 Å². The van der Waals surface area contributed by atoms with Gasteiger partial charge in [0.15, 0.2) is 0 Å². The summed E-state index contributed by atoms with van der Waals surface area (Å²) in [6, 6.07) is 9.85. The normalized spacial score (nSPS) is 10.8. The van der Waals surface area contributed by atoms with Crippen molar-refractivity contribution in [2.24, 2.45) is 0 Å². The van der Waals surface area contributed by atoms with Crippen LogP contribution in [0.3, 0.4) is 0 Å². The average molecular weight is 284 g/mol. The summed E-state index contributed by atoms with van der Waals surface area (Å²) in [4.78, 5) is 16.7. The van der Waals surface area contributed by atoms with Gasteiger partial charge in [0.05, 0.1) is 17.6 Å². The second-order valence-corrected chi connectivity index (χ2v) is 5.65. The van der Waals surface area contributed by atoms with Crippen molar-refractivity contribution in [1.82, 2.24) is 10.3 Å². The van der Waals surface area contributed by atoms with Gasteiger partial charge in [0.1, 0.15) is 0 Å². The third-order valence-corrected chi connectivity index (χ3v) is 4.42. The summed E-state index contributed by atoms with van der Waals surface area (Å²) in [6.07, 6.45) is 2.86. The first-order chi connectivity index (χ1) is 9.79. The van der Waals surface area contributed by atoms with E-state index >= 15 is 0 Å². The number of rotatable bonds is 4. The minimum atomic E-state index is -0.0338. The number of hydrogen-bond donors (Lipinski definition) is 2. The Bertz CT molecular complexity index is 742. The number of fused-ring (bicyclic) bond motifs is 1. The number of thiophene rings is 1. The number of carbonyl (C=O) groups excluding carboxylic acids is 1. The Labute approximate surface area is 121 Å². The molecular formula is C16H16N2OS. The lowest BCUT2D eigenvalue weighted by molar-refractivity contribution is 0.0953. The molecule has 1 amide bonds. The molecule has 3 nitrogen and oxygen atoms in total. The van der Waals surface area contributed by atoms with Crippen molar-refractivity contribution >= 4 is 28.1 Å². The van der Waals surface area contributed by atoms with Crippen LogP contribution < -0.4 is 5.32 Å². The first-order valence-corrected chi connectivity index (χ1v) is 7.57. The molecule has 0 spiro atoms. The fourth-order valence-corrected chi connectivity index (χ4v) is 3.28. The first-order valence-electron chi connectivity index (χ1n) is 6.69. The molecule has 0 fully saturated rings. The van der Waals surface area contributed by atoms with Crippen LogP contribution in [0.2, 0.25) is 0 Å². The highest BCUT2D eigenvalue weighted by atomic mass is 32.1. The number of nitrogens with one attached hydrogen (secondary N) is 2. The number of H-pyrrole nitrogens is 1. The van der Waals surface area contributed by atoms with Crippen molar-refractivity contribution < 1.29 is 4.79 Å². The van der Waals surface area contributed by atoms with E-state index in [9.17, 15) is 4.79 Å². The molecule has 0 radical (unpaired) electrons. The standard InChI is InChI=1S/C16H16N2OS/c1-2-11-7-9-20-14(11)10-18-16(19)13-5-3-4-12-6-8-17-15(12)13/h3-9,17H,2,10H2,1H3,(H,18,19). The summed E-state index contributed by atoms with van der Waals surface area (Å²) in [7, 11) is 0. The van der Waals surface area contributed by atoms with Gasteiger partial charge >= 0.3 is 0 Å². The molecular weight excluding hydrogens is 268 g/mol. The number of benzene rings is 1. The van der Waals surface area contributed by atoms with Crippen LogP contribution in [0.25, 0.3) is 10.9 Å². The lowest BCUT2D eigenvalue weighted by Gasteiger charge is -2.06. The maximum atomic E-state index is 12.3. The summed E-state index contributed by atoms with van der Waals surface area (Å²) in [5, 5.41) is 6.14. The Morgan fingerprint density at radius 3 is 3.05 bits per heavy atom. The zero-order valence-corrected chi connectivity index (χ0v) is 12.1. The van der Waals surface area contributed by atoms with E-state index in [1.807, 2.05) is 30.5 Å². The molecule has 0 atom stereocenters. The number of aromatic amines is 1. The molecule has 0 aliphatic heterocycles. The van der Waals surface area contributed by atoms with E-state index < -0.39 is 0 Å². The lowest BCUT2D eigenvalue weighted by atomic mass is 10.1. The van der Waals surface area contributed by atoms with Crippen molar-refractivity contribution in [1.29, 1.82) is 0 Å². The monoisotopic (exact) mass is 284 g/mol. The molecule has 4 heteroatoms. The quantitative estimate of drug-likeness (QED) is 0.753. The van der Waals surface area contributed by atoms with Gasteiger partial charge in [0.25, 0.3) is 5.91 Å². The molecule has 20 heavy (non-hydrogen) atoms. The van der Waals surface area contributed by atoms with Crippen molar-refractivity contribution in [2.45, 2.75) is 19.9 Å². The van der Waals surface area contributed by atoms with Gasteiger partial charge in [-0.3, -0.25) is 4.79 Å². The molecule has 2 aromatic heterocycles. The van der Waals surface area contributed by atoms with Crippen LogP contribution >= 0.6 is 11.3 Å². The zero-order chi connectivity index (χ0) is 13.9. The van der Waals surface area contributed by atoms with E-state index in [-0.39, 0.29) is 5.91 Å². The van der Waals surface area contributed by atoms with Gasteiger partial charge < -0.3 is 10.3 Å². The topological polar surface area (TPSA) is 44.9 Å². The Kier molecular flexibility index (Phi) is 3.56. The molecule has 3 rings (SSSR count). The summed E-state index contributed by atoms with van der Waals surface area (Å²) in [5.41, 5.74) is 2.90. The number of hydrogen-bond acceptors (Lipinski definition) is 2. The Morgan fingerprint density at radius 2 is 2.20 bits per heavy atom. The smallest absolute Gasteiger partial charge is 0.253 e. The summed E-state index contributed by atoms with van der Waals surface area (Å²) < 4.78 is 0. The summed E-state index contributed by atoms with van der Waals surface area (Å²) in [6.45, 7) is 2.73. The fraction of sp³-hybridized carbons (Fsp3) is 0.188.